The maximum atomic E-state index is 11.1. The first-order chi connectivity index (χ1) is 6.56. The molecule has 74 valence electrons. The van der Waals surface area contributed by atoms with Crippen molar-refractivity contribution < 1.29 is 14.3 Å². The van der Waals surface area contributed by atoms with Gasteiger partial charge in [0.05, 0.1) is 17.7 Å². The van der Waals surface area contributed by atoms with Crippen LogP contribution in [0.1, 0.15) is 20.7 Å². The normalized spacial score (nSPS) is 9.64. The second-order valence-corrected chi connectivity index (χ2v) is 3.21. The Morgan fingerprint density at radius 3 is 2.43 bits per heavy atom. The summed E-state index contributed by atoms with van der Waals surface area (Å²) in [6, 6.07) is 4.13. The van der Waals surface area contributed by atoms with Gasteiger partial charge in [0.25, 0.3) is 5.24 Å². The molecule has 0 heterocycles. The quantitative estimate of drug-likeness (QED) is 0.582. The fourth-order valence-electron chi connectivity index (χ4n) is 0.913. The van der Waals surface area contributed by atoms with Crippen LogP contribution in [0.15, 0.2) is 18.2 Å². The molecule has 1 aromatic rings. The van der Waals surface area contributed by atoms with Gasteiger partial charge in [0, 0.05) is 5.56 Å². The molecule has 0 bridgehead atoms. The lowest BCUT2D eigenvalue weighted by Crippen LogP contribution is -2.02. The number of halogens is 2. The Morgan fingerprint density at radius 2 is 2.00 bits per heavy atom. The van der Waals surface area contributed by atoms with Gasteiger partial charge >= 0.3 is 5.97 Å². The Hall–Kier alpha value is -1.06. The van der Waals surface area contributed by atoms with E-state index >= 15 is 0 Å². The monoisotopic (exact) mass is 232 g/mol. The van der Waals surface area contributed by atoms with Crippen LogP contribution in [0.25, 0.3) is 0 Å². The Balaban J connectivity index is 3.14. The molecule has 0 amide bonds. The maximum Gasteiger partial charge on any atom is 0.339 e. The molecule has 14 heavy (non-hydrogen) atoms. The van der Waals surface area contributed by atoms with E-state index in [2.05, 4.69) is 4.74 Å². The summed E-state index contributed by atoms with van der Waals surface area (Å²) < 4.78 is 4.48. The summed E-state index contributed by atoms with van der Waals surface area (Å²) >= 11 is 11.0. The fraction of sp³-hybridized carbons (Fsp3) is 0.111. The number of hydrogen-bond acceptors (Lipinski definition) is 3. The first kappa shape index (κ1) is 11.0. The van der Waals surface area contributed by atoms with Gasteiger partial charge in [-0.1, -0.05) is 11.6 Å². The van der Waals surface area contributed by atoms with Crippen molar-refractivity contribution in [3.8, 4) is 0 Å². The van der Waals surface area contributed by atoms with Crippen molar-refractivity contribution >= 4 is 34.4 Å². The minimum atomic E-state index is -0.622. The Labute approximate surface area is 90.6 Å². The summed E-state index contributed by atoms with van der Waals surface area (Å²) in [7, 11) is 1.25. The van der Waals surface area contributed by atoms with Crippen LogP contribution in [0.3, 0.4) is 0 Å². The Kier molecular flexibility index (Phi) is 3.49. The zero-order chi connectivity index (χ0) is 10.7. The average Bonchev–Trinajstić information content (AvgIpc) is 2.16. The van der Waals surface area contributed by atoms with Crippen LogP contribution in [-0.2, 0) is 4.74 Å². The predicted octanol–water partition coefficient (Wildman–Crippen LogP) is 2.51. The molecule has 1 aromatic carbocycles. The van der Waals surface area contributed by atoms with E-state index in [1.807, 2.05) is 0 Å². The predicted molar refractivity (Wildman–Crippen MR) is 53.0 cm³/mol. The number of carbonyl (C=O) groups excluding carboxylic acids is 2. The molecule has 0 saturated heterocycles. The molecule has 0 aliphatic carbocycles. The van der Waals surface area contributed by atoms with Gasteiger partial charge in [-0.3, -0.25) is 4.79 Å². The molecule has 3 nitrogen and oxygen atoms in total. The summed E-state index contributed by atoms with van der Waals surface area (Å²) in [4.78, 5) is 21.8. The molecule has 0 spiro atoms. The minimum Gasteiger partial charge on any atom is -0.465 e. The second-order valence-electron chi connectivity index (χ2n) is 2.46. The van der Waals surface area contributed by atoms with Crippen molar-refractivity contribution in [1.82, 2.24) is 0 Å². The lowest BCUT2D eigenvalue weighted by molar-refractivity contribution is 0.0600. The summed E-state index contributed by atoms with van der Waals surface area (Å²) in [5, 5.41) is -0.480. The summed E-state index contributed by atoms with van der Waals surface area (Å²) in [5.41, 5.74) is 0.445. The summed E-state index contributed by atoms with van der Waals surface area (Å²) in [6.45, 7) is 0. The van der Waals surface area contributed by atoms with Crippen molar-refractivity contribution in [3.05, 3.63) is 34.3 Å². The zero-order valence-corrected chi connectivity index (χ0v) is 8.72. The maximum absolute atomic E-state index is 11.1. The van der Waals surface area contributed by atoms with E-state index < -0.39 is 11.2 Å². The third-order valence-corrected chi connectivity index (χ3v) is 2.13. The number of carbonyl (C=O) groups is 2. The van der Waals surface area contributed by atoms with Crippen molar-refractivity contribution in [2.45, 2.75) is 0 Å². The lowest BCUT2D eigenvalue weighted by atomic mass is 10.1. The van der Waals surface area contributed by atoms with Crippen molar-refractivity contribution in [2.24, 2.45) is 0 Å². The molecule has 0 atom stereocenters. The molecular weight excluding hydrogens is 227 g/mol. The van der Waals surface area contributed by atoms with Crippen molar-refractivity contribution in [3.63, 3.8) is 0 Å². The highest BCUT2D eigenvalue weighted by Crippen LogP contribution is 2.19. The third kappa shape index (κ3) is 2.25. The van der Waals surface area contributed by atoms with Crippen molar-refractivity contribution in [2.75, 3.05) is 7.11 Å². The van der Waals surface area contributed by atoms with Crippen molar-refractivity contribution in [1.29, 1.82) is 0 Å². The number of ether oxygens (including phenoxy) is 1. The summed E-state index contributed by atoms with van der Waals surface area (Å²) in [6.07, 6.45) is 0. The molecule has 5 heteroatoms. The average molecular weight is 233 g/mol. The van der Waals surface area contributed by atoms with Gasteiger partial charge < -0.3 is 4.74 Å². The smallest absolute Gasteiger partial charge is 0.339 e. The zero-order valence-electron chi connectivity index (χ0n) is 7.21. The van der Waals surface area contributed by atoms with Gasteiger partial charge in [-0.05, 0) is 29.8 Å². The van der Waals surface area contributed by atoms with Crippen LogP contribution in [0.2, 0.25) is 5.02 Å². The van der Waals surface area contributed by atoms with Gasteiger partial charge in [-0.15, -0.1) is 0 Å². The van der Waals surface area contributed by atoms with Gasteiger partial charge in [0.2, 0.25) is 0 Å². The third-order valence-electron chi connectivity index (χ3n) is 1.60. The number of hydrogen-bond donors (Lipinski definition) is 0. The standard InChI is InChI=1S/C9H6Cl2O3/c1-14-9(13)6-3-2-5(8(11)12)4-7(6)10/h2-4H,1H3. The van der Waals surface area contributed by atoms with Gasteiger partial charge in [-0.2, -0.15) is 0 Å². The molecule has 0 radical (unpaired) electrons. The Morgan fingerprint density at radius 1 is 1.36 bits per heavy atom. The number of esters is 1. The number of benzene rings is 1. The molecule has 0 N–H and O–H groups in total. The minimum absolute atomic E-state index is 0.142. The van der Waals surface area contributed by atoms with Gasteiger partial charge in [0.1, 0.15) is 0 Å². The van der Waals surface area contributed by atoms with Crippen LogP contribution in [0.4, 0.5) is 0 Å². The van der Waals surface area contributed by atoms with Crippen LogP contribution in [-0.4, -0.2) is 18.3 Å². The number of rotatable bonds is 2. The molecule has 0 aliphatic rings. The SMILES string of the molecule is COC(=O)c1ccc(C(=O)Cl)cc1Cl. The summed E-state index contributed by atoms with van der Waals surface area (Å²) in [5.74, 6) is -0.552. The largest absolute Gasteiger partial charge is 0.465 e. The highest BCUT2D eigenvalue weighted by atomic mass is 35.5. The van der Waals surface area contributed by atoms with E-state index in [0.717, 1.165) is 0 Å². The first-order valence-corrected chi connectivity index (χ1v) is 4.39. The Bertz CT molecular complexity index is 388. The van der Waals surface area contributed by atoms with Crippen LogP contribution >= 0.6 is 23.2 Å². The van der Waals surface area contributed by atoms with Crippen LogP contribution in [0, 0.1) is 0 Å². The molecule has 0 fully saturated rings. The molecule has 0 aliphatic heterocycles. The van der Waals surface area contributed by atoms with E-state index in [1.165, 1.54) is 25.3 Å². The van der Waals surface area contributed by atoms with E-state index in [9.17, 15) is 9.59 Å². The van der Waals surface area contributed by atoms with Crippen LogP contribution < -0.4 is 0 Å². The molecule has 0 unspecified atom stereocenters. The lowest BCUT2D eigenvalue weighted by Gasteiger charge is -2.02. The topological polar surface area (TPSA) is 43.4 Å². The van der Waals surface area contributed by atoms with E-state index in [-0.39, 0.29) is 16.1 Å². The molecule has 1 rings (SSSR count). The van der Waals surface area contributed by atoms with E-state index in [0.29, 0.717) is 0 Å². The molecule has 0 saturated carbocycles. The highest BCUT2D eigenvalue weighted by Gasteiger charge is 2.12. The second kappa shape index (κ2) is 4.44. The molecular formula is C9H6Cl2O3. The van der Waals surface area contributed by atoms with Gasteiger partial charge in [0.15, 0.2) is 0 Å². The van der Waals surface area contributed by atoms with E-state index in [1.54, 1.807) is 0 Å². The molecule has 0 aromatic heterocycles. The fourth-order valence-corrected chi connectivity index (χ4v) is 1.29. The first-order valence-electron chi connectivity index (χ1n) is 3.64. The van der Waals surface area contributed by atoms with Crippen LogP contribution in [0.5, 0.6) is 0 Å². The number of methoxy groups -OCH3 is 1. The van der Waals surface area contributed by atoms with E-state index in [4.69, 9.17) is 23.2 Å². The van der Waals surface area contributed by atoms with Gasteiger partial charge in [-0.25, -0.2) is 4.79 Å². The highest BCUT2D eigenvalue weighted by molar-refractivity contribution is 6.67.